The Hall–Kier alpha value is -2.35. The first kappa shape index (κ1) is 12.7. The highest BCUT2D eigenvalue weighted by molar-refractivity contribution is 7.99. The summed E-state index contributed by atoms with van der Waals surface area (Å²) in [6, 6.07) is 3.67. The standard InChI is InChI=1S/C12H12N6OS/c1-7-5-10(15-6-14-7)20-12-17-16-11(18(12)13)9-3-4-19-8(9)2/h3-6H,13H2,1-2H3. The van der Waals surface area contributed by atoms with Gasteiger partial charge in [-0.3, -0.25) is 0 Å². The van der Waals surface area contributed by atoms with Crippen LogP contribution in [0.1, 0.15) is 11.5 Å². The van der Waals surface area contributed by atoms with Crippen LogP contribution in [0.4, 0.5) is 0 Å². The molecular formula is C12H12N6OS. The van der Waals surface area contributed by atoms with Gasteiger partial charge in [0.05, 0.1) is 11.8 Å². The van der Waals surface area contributed by atoms with Gasteiger partial charge in [-0.2, -0.15) is 0 Å². The predicted octanol–water partition coefficient (Wildman–Crippen LogP) is 1.81. The van der Waals surface area contributed by atoms with Crippen molar-refractivity contribution in [3.8, 4) is 11.4 Å². The Labute approximate surface area is 119 Å². The predicted molar refractivity (Wildman–Crippen MR) is 73.5 cm³/mol. The molecule has 3 aromatic heterocycles. The van der Waals surface area contributed by atoms with Crippen molar-refractivity contribution in [3.63, 3.8) is 0 Å². The summed E-state index contributed by atoms with van der Waals surface area (Å²) >= 11 is 1.33. The number of aryl methyl sites for hydroxylation is 2. The van der Waals surface area contributed by atoms with Crippen LogP contribution in [-0.2, 0) is 0 Å². The average molecular weight is 288 g/mol. The van der Waals surface area contributed by atoms with Crippen LogP contribution in [0.25, 0.3) is 11.4 Å². The topological polar surface area (TPSA) is 95.7 Å². The van der Waals surface area contributed by atoms with Crippen molar-refractivity contribution in [1.29, 1.82) is 0 Å². The average Bonchev–Trinajstić information content (AvgIpc) is 2.97. The zero-order valence-corrected chi connectivity index (χ0v) is 11.8. The molecule has 0 saturated heterocycles. The third-order valence-corrected chi connectivity index (χ3v) is 3.63. The summed E-state index contributed by atoms with van der Waals surface area (Å²) in [6.45, 7) is 3.75. The molecule has 0 spiro atoms. The minimum Gasteiger partial charge on any atom is -0.469 e. The van der Waals surface area contributed by atoms with Crippen molar-refractivity contribution in [1.82, 2.24) is 24.8 Å². The summed E-state index contributed by atoms with van der Waals surface area (Å²) in [7, 11) is 0. The molecule has 3 rings (SSSR count). The Morgan fingerprint density at radius 2 is 2.10 bits per heavy atom. The Morgan fingerprint density at radius 1 is 1.25 bits per heavy atom. The molecule has 20 heavy (non-hydrogen) atoms. The number of furan rings is 1. The molecular weight excluding hydrogens is 276 g/mol. The number of nitrogens with two attached hydrogens (primary N) is 1. The fraction of sp³-hybridized carbons (Fsp3) is 0.167. The van der Waals surface area contributed by atoms with Crippen LogP contribution in [0.2, 0.25) is 0 Å². The molecule has 3 heterocycles. The SMILES string of the molecule is Cc1cc(Sc2nnc(-c3ccoc3C)n2N)ncn1. The van der Waals surface area contributed by atoms with Crippen LogP contribution in [-0.4, -0.2) is 24.8 Å². The van der Waals surface area contributed by atoms with Gasteiger partial charge < -0.3 is 10.3 Å². The third kappa shape index (κ3) is 2.25. The van der Waals surface area contributed by atoms with E-state index in [0.29, 0.717) is 11.0 Å². The summed E-state index contributed by atoms with van der Waals surface area (Å²) in [5.74, 6) is 7.34. The summed E-state index contributed by atoms with van der Waals surface area (Å²) in [6.07, 6.45) is 3.11. The molecule has 0 aliphatic heterocycles. The Balaban J connectivity index is 1.93. The highest BCUT2D eigenvalue weighted by Crippen LogP contribution is 2.28. The second-order valence-corrected chi connectivity index (χ2v) is 5.15. The minimum absolute atomic E-state index is 0.554. The van der Waals surface area contributed by atoms with E-state index in [0.717, 1.165) is 22.0 Å². The molecule has 2 N–H and O–H groups in total. The van der Waals surface area contributed by atoms with E-state index in [4.69, 9.17) is 10.3 Å². The maximum Gasteiger partial charge on any atom is 0.216 e. The summed E-state index contributed by atoms with van der Waals surface area (Å²) in [4.78, 5) is 8.21. The van der Waals surface area contributed by atoms with Gasteiger partial charge in [0.15, 0.2) is 5.82 Å². The van der Waals surface area contributed by atoms with Gasteiger partial charge in [-0.15, -0.1) is 10.2 Å². The summed E-state index contributed by atoms with van der Waals surface area (Å²) in [5.41, 5.74) is 1.71. The first-order valence-electron chi connectivity index (χ1n) is 5.86. The van der Waals surface area contributed by atoms with Gasteiger partial charge in [-0.05, 0) is 37.7 Å². The van der Waals surface area contributed by atoms with E-state index in [9.17, 15) is 0 Å². The monoisotopic (exact) mass is 288 g/mol. The van der Waals surface area contributed by atoms with Crippen molar-refractivity contribution < 1.29 is 4.42 Å². The molecule has 0 unspecified atom stereocenters. The maximum absolute atomic E-state index is 6.04. The molecule has 0 radical (unpaired) electrons. The number of rotatable bonds is 3. The zero-order chi connectivity index (χ0) is 14.1. The molecule has 0 saturated carbocycles. The van der Waals surface area contributed by atoms with Gasteiger partial charge in [-0.1, -0.05) is 0 Å². The summed E-state index contributed by atoms with van der Waals surface area (Å²) in [5, 5.41) is 9.51. The van der Waals surface area contributed by atoms with E-state index in [1.54, 1.807) is 6.26 Å². The van der Waals surface area contributed by atoms with Crippen molar-refractivity contribution >= 4 is 11.8 Å². The van der Waals surface area contributed by atoms with Crippen molar-refractivity contribution in [3.05, 3.63) is 36.2 Å². The minimum atomic E-state index is 0.554. The highest BCUT2D eigenvalue weighted by Gasteiger charge is 2.16. The van der Waals surface area contributed by atoms with Crippen LogP contribution in [0.5, 0.6) is 0 Å². The number of nitrogen functional groups attached to an aromatic ring is 1. The normalized spacial score (nSPS) is 10.9. The smallest absolute Gasteiger partial charge is 0.216 e. The van der Waals surface area contributed by atoms with Crippen LogP contribution >= 0.6 is 11.8 Å². The lowest BCUT2D eigenvalue weighted by Crippen LogP contribution is -2.11. The van der Waals surface area contributed by atoms with Crippen molar-refractivity contribution in [2.24, 2.45) is 0 Å². The van der Waals surface area contributed by atoms with Crippen molar-refractivity contribution in [2.45, 2.75) is 24.0 Å². The van der Waals surface area contributed by atoms with Gasteiger partial charge in [-0.25, -0.2) is 14.6 Å². The fourth-order valence-corrected chi connectivity index (χ4v) is 2.51. The maximum atomic E-state index is 6.04. The van der Waals surface area contributed by atoms with Crippen LogP contribution in [0.15, 0.2) is 39.3 Å². The summed E-state index contributed by atoms with van der Waals surface area (Å²) < 4.78 is 6.68. The number of hydrogen-bond acceptors (Lipinski definition) is 7. The first-order valence-corrected chi connectivity index (χ1v) is 6.68. The largest absolute Gasteiger partial charge is 0.469 e. The molecule has 0 fully saturated rings. The Morgan fingerprint density at radius 3 is 2.80 bits per heavy atom. The van der Waals surface area contributed by atoms with E-state index in [2.05, 4.69) is 20.2 Å². The van der Waals surface area contributed by atoms with Gasteiger partial charge >= 0.3 is 0 Å². The molecule has 0 bridgehead atoms. The van der Waals surface area contributed by atoms with Crippen LogP contribution in [0, 0.1) is 13.8 Å². The lowest BCUT2D eigenvalue weighted by Gasteiger charge is -2.02. The van der Waals surface area contributed by atoms with E-state index in [1.165, 1.54) is 22.8 Å². The second-order valence-electron chi connectivity index (χ2n) is 4.17. The molecule has 7 nitrogen and oxygen atoms in total. The van der Waals surface area contributed by atoms with Gasteiger partial charge in [0.25, 0.3) is 0 Å². The number of hydrogen-bond donors (Lipinski definition) is 1. The zero-order valence-electron chi connectivity index (χ0n) is 10.9. The molecule has 8 heteroatoms. The van der Waals surface area contributed by atoms with E-state index in [-0.39, 0.29) is 0 Å². The van der Waals surface area contributed by atoms with E-state index < -0.39 is 0 Å². The number of aromatic nitrogens is 5. The van der Waals surface area contributed by atoms with Gasteiger partial charge in [0.1, 0.15) is 17.1 Å². The van der Waals surface area contributed by atoms with Gasteiger partial charge in [0, 0.05) is 5.69 Å². The molecule has 0 aromatic carbocycles. The third-order valence-electron chi connectivity index (χ3n) is 2.74. The van der Waals surface area contributed by atoms with Crippen LogP contribution < -0.4 is 5.84 Å². The lowest BCUT2D eigenvalue weighted by molar-refractivity contribution is 0.535. The first-order chi connectivity index (χ1) is 9.65. The molecule has 3 aromatic rings. The van der Waals surface area contributed by atoms with Gasteiger partial charge in [0.2, 0.25) is 5.16 Å². The van der Waals surface area contributed by atoms with Crippen LogP contribution in [0.3, 0.4) is 0 Å². The number of nitrogens with zero attached hydrogens (tertiary/aromatic N) is 5. The Kier molecular flexibility index (Phi) is 3.15. The molecule has 0 amide bonds. The second kappa shape index (κ2) is 4.97. The Bertz CT molecular complexity index is 750. The highest BCUT2D eigenvalue weighted by atomic mass is 32.2. The lowest BCUT2D eigenvalue weighted by atomic mass is 10.2. The van der Waals surface area contributed by atoms with E-state index in [1.807, 2.05) is 26.0 Å². The molecule has 0 atom stereocenters. The molecule has 0 aliphatic rings. The van der Waals surface area contributed by atoms with E-state index >= 15 is 0 Å². The quantitative estimate of drug-likeness (QED) is 0.580. The van der Waals surface area contributed by atoms with Crippen molar-refractivity contribution in [2.75, 3.05) is 5.84 Å². The molecule has 0 aliphatic carbocycles. The molecule has 102 valence electrons. The fourth-order valence-electron chi connectivity index (χ4n) is 1.73.